The molecular weight excluding hydrogens is 418 g/mol. The van der Waals surface area contributed by atoms with Crippen molar-refractivity contribution in [3.8, 4) is 0 Å². The second kappa shape index (κ2) is 8.39. The summed E-state index contributed by atoms with van der Waals surface area (Å²) in [6, 6.07) is 17.5. The maximum absolute atomic E-state index is 12.5. The molecule has 1 amide bonds. The van der Waals surface area contributed by atoms with Crippen LogP contribution in [0.15, 0.2) is 60.9 Å². The fourth-order valence-corrected chi connectivity index (χ4v) is 4.53. The highest BCUT2D eigenvalue weighted by molar-refractivity contribution is 5.85. The van der Waals surface area contributed by atoms with Crippen LogP contribution in [0.2, 0.25) is 0 Å². The van der Waals surface area contributed by atoms with Gasteiger partial charge in [0.05, 0.1) is 24.3 Å². The molecule has 1 unspecified atom stereocenters. The number of hydrogen-bond acceptors (Lipinski definition) is 3. The Balaban J connectivity index is 1.69. The molecule has 2 heterocycles. The van der Waals surface area contributed by atoms with Crippen molar-refractivity contribution < 1.29 is 19.8 Å². The normalized spacial score (nSPS) is 18.1. The Morgan fingerprint density at radius 1 is 1.03 bits per heavy atom. The lowest BCUT2D eigenvalue weighted by atomic mass is 9.81. The molecule has 0 radical (unpaired) electrons. The molecule has 0 spiro atoms. The number of carboxylic acid groups (broad SMARTS) is 2. The van der Waals surface area contributed by atoms with Crippen LogP contribution in [-0.2, 0) is 36.1 Å². The minimum Gasteiger partial charge on any atom is -0.479 e. The first kappa shape index (κ1) is 22.6. The molecule has 1 aromatic heterocycles. The largest absolute Gasteiger partial charge is 0.479 e. The molecule has 0 bridgehead atoms. The number of carboxylic acids is 1. The Morgan fingerprint density at radius 2 is 1.73 bits per heavy atom. The SMILES string of the molecule is CC(C)(C)c1cccc(Cn2cnc3c2CN(C(=O)O)C(Cc2ccccc2)(C(=O)O)C3)c1. The molecule has 33 heavy (non-hydrogen) atoms. The molecule has 2 N–H and O–H groups in total. The second-order valence-corrected chi connectivity index (χ2v) is 9.76. The summed E-state index contributed by atoms with van der Waals surface area (Å²) in [4.78, 5) is 30.3. The van der Waals surface area contributed by atoms with E-state index in [-0.39, 0.29) is 24.8 Å². The Hall–Kier alpha value is -3.61. The van der Waals surface area contributed by atoms with Crippen molar-refractivity contribution in [2.45, 2.75) is 57.7 Å². The number of aliphatic carboxylic acids is 1. The summed E-state index contributed by atoms with van der Waals surface area (Å²) in [6.45, 7) is 7.00. The molecule has 3 aromatic rings. The number of hydrogen-bond donors (Lipinski definition) is 2. The summed E-state index contributed by atoms with van der Waals surface area (Å²) in [5.74, 6) is -1.16. The third-order valence-electron chi connectivity index (χ3n) is 6.43. The minimum atomic E-state index is -1.61. The molecule has 0 saturated heterocycles. The summed E-state index contributed by atoms with van der Waals surface area (Å²) in [5.41, 5.74) is 2.86. The van der Waals surface area contributed by atoms with Crippen LogP contribution < -0.4 is 0 Å². The average Bonchev–Trinajstić information content (AvgIpc) is 3.14. The third kappa shape index (κ3) is 4.35. The van der Waals surface area contributed by atoms with Crippen molar-refractivity contribution in [1.82, 2.24) is 14.5 Å². The van der Waals surface area contributed by atoms with Crippen LogP contribution in [0, 0.1) is 0 Å². The minimum absolute atomic E-state index is 0.0169. The molecule has 0 fully saturated rings. The number of nitrogens with zero attached hydrogens (tertiary/aromatic N) is 3. The molecule has 1 aliphatic heterocycles. The first-order valence-corrected chi connectivity index (χ1v) is 11.0. The van der Waals surface area contributed by atoms with Gasteiger partial charge in [0, 0.05) is 19.4 Å². The molecule has 7 nitrogen and oxygen atoms in total. The van der Waals surface area contributed by atoms with Crippen LogP contribution in [0.25, 0.3) is 0 Å². The van der Waals surface area contributed by atoms with Gasteiger partial charge in [-0.05, 0) is 22.1 Å². The lowest BCUT2D eigenvalue weighted by Crippen LogP contribution is -2.61. The molecule has 0 aliphatic carbocycles. The number of imidazole rings is 1. The first-order valence-electron chi connectivity index (χ1n) is 11.0. The van der Waals surface area contributed by atoms with Crippen molar-refractivity contribution in [2.24, 2.45) is 0 Å². The molecule has 0 saturated carbocycles. The topological polar surface area (TPSA) is 95.7 Å². The first-order chi connectivity index (χ1) is 15.6. The van der Waals surface area contributed by atoms with Crippen LogP contribution >= 0.6 is 0 Å². The lowest BCUT2D eigenvalue weighted by molar-refractivity contribution is -0.151. The summed E-state index contributed by atoms with van der Waals surface area (Å²) in [5, 5.41) is 20.2. The fourth-order valence-electron chi connectivity index (χ4n) is 4.53. The van der Waals surface area contributed by atoms with Gasteiger partial charge in [0.2, 0.25) is 0 Å². The van der Waals surface area contributed by atoms with Gasteiger partial charge in [-0.25, -0.2) is 14.6 Å². The van der Waals surface area contributed by atoms with E-state index in [1.807, 2.05) is 47.0 Å². The number of aromatic nitrogens is 2. The highest BCUT2D eigenvalue weighted by atomic mass is 16.4. The maximum Gasteiger partial charge on any atom is 0.408 e. The zero-order valence-corrected chi connectivity index (χ0v) is 19.2. The summed E-state index contributed by atoms with van der Waals surface area (Å²) >= 11 is 0. The van der Waals surface area contributed by atoms with Crippen LogP contribution in [-0.4, -0.2) is 42.3 Å². The third-order valence-corrected chi connectivity index (χ3v) is 6.43. The molecule has 2 aromatic carbocycles. The van der Waals surface area contributed by atoms with Crippen molar-refractivity contribution in [3.05, 3.63) is 89.0 Å². The second-order valence-electron chi connectivity index (χ2n) is 9.76. The van der Waals surface area contributed by atoms with Crippen LogP contribution in [0.1, 0.15) is 48.8 Å². The molecule has 1 aliphatic rings. The van der Waals surface area contributed by atoms with E-state index in [0.29, 0.717) is 12.2 Å². The standard InChI is InChI=1S/C26H29N3O4/c1-25(2,3)20-11-7-10-19(12-20)15-28-17-27-21-14-26(23(30)31,13-18-8-5-4-6-9-18)29(24(32)33)16-22(21)28/h4-12,17H,13-16H2,1-3H3,(H,30,31)(H,32,33). The molecule has 172 valence electrons. The van der Waals surface area contributed by atoms with E-state index in [2.05, 4.69) is 37.9 Å². The van der Waals surface area contributed by atoms with Gasteiger partial charge in [0.15, 0.2) is 5.54 Å². The number of carbonyl (C=O) groups is 2. The molecule has 7 heteroatoms. The highest BCUT2D eigenvalue weighted by Crippen LogP contribution is 2.34. The van der Waals surface area contributed by atoms with Gasteiger partial charge in [-0.15, -0.1) is 0 Å². The van der Waals surface area contributed by atoms with Crippen molar-refractivity contribution in [1.29, 1.82) is 0 Å². The van der Waals surface area contributed by atoms with E-state index < -0.39 is 17.6 Å². The van der Waals surface area contributed by atoms with Gasteiger partial charge in [-0.3, -0.25) is 4.90 Å². The smallest absolute Gasteiger partial charge is 0.408 e. The zero-order chi connectivity index (χ0) is 23.8. The van der Waals surface area contributed by atoms with Gasteiger partial charge < -0.3 is 14.8 Å². The van der Waals surface area contributed by atoms with Crippen LogP contribution in [0.3, 0.4) is 0 Å². The maximum atomic E-state index is 12.5. The summed E-state index contributed by atoms with van der Waals surface area (Å²) in [7, 11) is 0. The lowest BCUT2D eigenvalue weighted by Gasteiger charge is -2.42. The van der Waals surface area contributed by atoms with Crippen molar-refractivity contribution in [2.75, 3.05) is 0 Å². The number of benzene rings is 2. The number of fused-ring (bicyclic) bond motifs is 1. The van der Waals surface area contributed by atoms with E-state index in [1.165, 1.54) is 5.56 Å². The monoisotopic (exact) mass is 447 g/mol. The Kier molecular flexibility index (Phi) is 5.74. The zero-order valence-electron chi connectivity index (χ0n) is 19.2. The highest BCUT2D eigenvalue weighted by Gasteiger charge is 2.51. The molecular formula is C26H29N3O4. The van der Waals surface area contributed by atoms with Crippen LogP contribution in [0.5, 0.6) is 0 Å². The van der Waals surface area contributed by atoms with Gasteiger partial charge in [-0.1, -0.05) is 75.4 Å². The predicted molar refractivity (Wildman–Crippen MR) is 124 cm³/mol. The quantitative estimate of drug-likeness (QED) is 0.607. The van der Waals surface area contributed by atoms with Gasteiger partial charge in [0.25, 0.3) is 0 Å². The van der Waals surface area contributed by atoms with Gasteiger partial charge >= 0.3 is 12.1 Å². The average molecular weight is 448 g/mol. The van der Waals surface area contributed by atoms with Crippen molar-refractivity contribution in [3.63, 3.8) is 0 Å². The predicted octanol–water partition coefficient (Wildman–Crippen LogP) is 4.33. The Bertz CT molecular complexity index is 1180. The van der Waals surface area contributed by atoms with E-state index >= 15 is 0 Å². The van der Waals surface area contributed by atoms with E-state index in [9.17, 15) is 19.8 Å². The number of amides is 1. The summed E-state index contributed by atoms with van der Waals surface area (Å²) < 4.78 is 1.93. The Labute approximate surface area is 193 Å². The van der Waals surface area contributed by atoms with Gasteiger partial charge in [0.1, 0.15) is 0 Å². The number of rotatable bonds is 5. The summed E-state index contributed by atoms with van der Waals surface area (Å²) in [6.07, 6.45) is 0.541. The van der Waals surface area contributed by atoms with Crippen molar-refractivity contribution >= 4 is 12.1 Å². The van der Waals surface area contributed by atoms with Gasteiger partial charge in [-0.2, -0.15) is 0 Å². The van der Waals surface area contributed by atoms with E-state index in [0.717, 1.165) is 21.7 Å². The Morgan fingerprint density at radius 3 is 2.36 bits per heavy atom. The van der Waals surface area contributed by atoms with E-state index in [1.54, 1.807) is 6.33 Å². The van der Waals surface area contributed by atoms with E-state index in [4.69, 9.17) is 0 Å². The van der Waals surface area contributed by atoms with Crippen LogP contribution in [0.4, 0.5) is 4.79 Å². The molecule has 1 atom stereocenters. The molecule has 4 rings (SSSR count). The fraction of sp³-hybridized carbons (Fsp3) is 0.346.